The fourth-order valence-electron chi connectivity index (χ4n) is 2.72. The minimum absolute atomic E-state index is 0.00561. The first-order valence-electron chi connectivity index (χ1n) is 6.95. The average Bonchev–Trinajstić information content (AvgIpc) is 2.79. The molecule has 1 aliphatic heterocycles. The van der Waals surface area contributed by atoms with Gasteiger partial charge in [-0.2, -0.15) is 0 Å². The molecule has 0 saturated carbocycles. The predicted molar refractivity (Wildman–Crippen MR) is 75.9 cm³/mol. The van der Waals surface area contributed by atoms with Crippen LogP contribution in [0.2, 0.25) is 0 Å². The van der Waals surface area contributed by atoms with Crippen LogP contribution in [0.15, 0.2) is 0 Å². The van der Waals surface area contributed by atoms with Gasteiger partial charge in [-0.3, -0.25) is 14.4 Å². The zero-order valence-corrected chi connectivity index (χ0v) is 12.9. The van der Waals surface area contributed by atoms with Crippen LogP contribution in [0, 0.1) is 5.41 Å². The molecular weight excluding hydrogens is 258 g/mol. The normalized spacial score (nSPS) is 22.6. The summed E-state index contributed by atoms with van der Waals surface area (Å²) in [7, 11) is 1.57. The van der Waals surface area contributed by atoms with Crippen molar-refractivity contribution in [3.63, 3.8) is 0 Å². The van der Waals surface area contributed by atoms with Crippen LogP contribution in [-0.4, -0.2) is 48.3 Å². The van der Waals surface area contributed by atoms with Crippen molar-refractivity contribution in [1.29, 1.82) is 0 Å². The number of nitrogens with one attached hydrogen (secondary N) is 2. The molecule has 114 valence electrons. The lowest BCUT2D eigenvalue weighted by atomic mass is 9.85. The molecule has 0 aliphatic carbocycles. The Balaban J connectivity index is 2.92. The fourth-order valence-corrected chi connectivity index (χ4v) is 2.72. The van der Waals surface area contributed by atoms with Gasteiger partial charge in [0.25, 0.3) is 0 Å². The smallest absolute Gasteiger partial charge is 0.242 e. The van der Waals surface area contributed by atoms with Crippen LogP contribution in [0.25, 0.3) is 0 Å². The van der Waals surface area contributed by atoms with Crippen LogP contribution in [0.5, 0.6) is 0 Å². The van der Waals surface area contributed by atoms with Gasteiger partial charge in [0.2, 0.25) is 17.7 Å². The quantitative estimate of drug-likeness (QED) is 0.780. The zero-order chi connectivity index (χ0) is 15.5. The second-order valence-corrected chi connectivity index (χ2v) is 6.30. The minimum Gasteiger partial charge on any atom is -0.357 e. The molecular formula is C14H25N3O3. The standard InChI is InChI=1S/C14H25N3O3/c1-9(18)16-8-12(19)17-10(13(20)15-5)6-7-11(17)14(2,3)4/h10-11H,6-8H2,1-5H3,(H,15,20)(H,16,18)/t10-,11+/m0/s1. The van der Waals surface area contributed by atoms with Gasteiger partial charge < -0.3 is 15.5 Å². The van der Waals surface area contributed by atoms with E-state index < -0.39 is 6.04 Å². The van der Waals surface area contributed by atoms with Crippen molar-refractivity contribution >= 4 is 17.7 Å². The van der Waals surface area contributed by atoms with Crippen molar-refractivity contribution in [2.24, 2.45) is 5.41 Å². The van der Waals surface area contributed by atoms with E-state index >= 15 is 0 Å². The van der Waals surface area contributed by atoms with Gasteiger partial charge in [0, 0.05) is 20.0 Å². The van der Waals surface area contributed by atoms with Crippen LogP contribution in [0.1, 0.15) is 40.5 Å². The summed E-state index contributed by atoms with van der Waals surface area (Å²) in [5.74, 6) is -0.597. The Morgan fingerprint density at radius 2 is 1.80 bits per heavy atom. The van der Waals surface area contributed by atoms with Gasteiger partial charge in [-0.05, 0) is 18.3 Å². The largest absolute Gasteiger partial charge is 0.357 e. The summed E-state index contributed by atoms with van der Waals surface area (Å²) in [6.45, 7) is 7.48. The Labute approximate surface area is 120 Å². The number of hydrogen-bond donors (Lipinski definition) is 2. The molecule has 1 rings (SSSR count). The van der Waals surface area contributed by atoms with E-state index in [1.807, 2.05) is 0 Å². The lowest BCUT2D eigenvalue weighted by Crippen LogP contribution is -2.54. The molecule has 20 heavy (non-hydrogen) atoms. The molecule has 1 fully saturated rings. The van der Waals surface area contributed by atoms with Crippen molar-refractivity contribution in [3.05, 3.63) is 0 Å². The highest BCUT2D eigenvalue weighted by Gasteiger charge is 2.44. The third-order valence-electron chi connectivity index (χ3n) is 3.71. The van der Waals surface area contributed by atoms with Gasteiger partial charge >= 0.3 is 0 Å². The van der Waals surface area contributed by atoms with Crippen LogP contribution in [-0.2, 0) is 14.4 Å². The van der Waals surface area contributed by atoms with E-state index in [1.165, 1.54) is 6.92 Å². The van der Waals surface area contributed by atoms with E-state index in [-0.39, 0.29) is 35.7 Å². The maximum Gasteiger partial charge on any atom is 0.242 e. The molecule has 2 atom stereocenters. The molecule has 0 radical (unpaired) electrons. The maximum absolute atomic E-state index is 12.4. The monoisotopic (exact) mass is 283 g/mol. The van der Waals surface area contributed by atoms with Gasteiger partial charge in [-0.1, -0.05) is 20.8 Å². The Bertz CT molecular complexity index is 401. The average molecular weight is 283 g/mol. The Morgan fingerprint density at radius 3 is 2.25 bits per heavy atom. The number of amides is 3. The summed E-state index contributed by atoms with van der Waals surface area (Å²) in [6, 6.07) is -0.434. The molecule has 3 amide bonds. The van der Waals surface area contributed by atoms with E-state index in [2.05, 4.69) is 31.4 Å². The molecule has 0 aromatic heterocycles. The lowest BCUT2D eigenvalue weighted by Gasteiger charge is -2.37. The molecule has 0 spiro atoms. The van der Waals surface area contributed by atoms with E-state index in [4.69, 9.17) is 0 Å². The number of hydrogen-bond acceptors (Lipinski definition) is 3. The topological polar surface area (TPSA) is 78.5 Å². The molecule has 6 nitrogen and oxygen atoms in total. The molecule has 0 bridgehead atoms. The summed E-state index contributed by atoms with van der Waals surface area (Å²) in [5.41, 5.74) is -0.103. The molecule has 0 aromatic rings. The lowest BCUT2D eigenvalue weighted by molar-refractivity contribution is -0.142. The third kappa shape index (κ3) is 3.71. The van der Waals surface area contributed by atoms with Crippen LogP contribution in [0.3, 0.4) is 0 Å². The summed E-state index contributed by atoms with van der Waals surface area (Å²) in [4.78, 5) is 36.9. The molecule has 1 heterocycles. The number of nitrogens with zero attached hydrogens (tertiary/aromatic N) is 1. The summed E-state index contributed by atoms with van der Waals surface area (Å²) in [5, 5.41) is 5.12. The Hall–Kier alpha value is -1.59. The molecule has 0 aromatic carbocycles. The van der Waals surface area contributed by atoms with E-state index in [9.17, 15) is 14.4 Å². The summed E-state index contributed by atoms with van der Waals surface area (Å²) in [6.07, 6.45) is 1.46. The van der Waals surface area contributed by atoms with Crippen LogP contribution < -0.4 is 10.6 Å². The first-order chi connectivity index (χ1) is 9.18. The highest BCUT2D eigenvalue weighted by Crippen LogP contribution is 2.36. The molecule has 2 N–H and O–H groups in total. The molecule has 1 aliphatic rings. The maximum atomic E-state index is 12.4. The van der Waals surface area contributed by atoms with Gasteiger partial charge in [-0.15, -0.1) is 0 Å². The van der Waals surface area contributed by atoms with Crippen molar-refractivity contribution < 1.29 is 14.4 Å². The fraction of sp³-hybridized carbons (Fsp3) is 0.786. The number of carbonyl (C=O) groups excluding carboxylic acids is 3. The van der Waals surface area contributed by atoms with Gasteiger partial charge in [-0.25, -0.2) is 0 Å². The number of rotatable bonds is 3. The van der Waals surface area contributed by atoms with Crippen molar-refractivity contribution in [2.45, 2.75) is 52.6 Å². The Morgan fingerprint density at radius 1 is 1.20 bits per heavy atom. The van der Waals surface area contributed by atoms with Crippen molar-refractivity contribution in [1.82, 2.24) is 15.5 Å². The molecule has 0 unspecified atom stereocenters. The molecule has 6 heteroatoms. The second kappa shape index (κ2) is 6.24. The van der Waals surface area contributed by atoms with Crippen molar-refractivity contribution in [2.75, 3.05) is 13.6 Å². The zero-order valence-electron chi connectivity index (χ0n) is 12.9. The third-order valence-corrected chi connectivity index (χ3v) is 3.71. The van der Waals surface area contributed by atoms with Gasteiger partial charge in [0.15, 0.2) is 0 Å². The van der Waals surface area contributed by atoms with E-state index in [1.54, 1.807) is 11.9 Å². The summed E-state index contributed by atoms with van der Waals surface area (Å²) < 4.78 is 0. The highest BCUT2D eigenvalue weighted by molar-refractivity contribution is 5.90. The predicted octanol–water partition coefficient (Wildman–Crippen LogP) is 0.274. The Kier molecular flexibility index (Phi) is 5.14. The number of likely N-dealkylation sites (tertiary alicyclic amines) is 1. The highest BCUT2D eigenvalue weighted by atomic mass is 16.2. The van der Waals surface area contributed by atoms with E-state index in [0.717, 1.165) is 6.42 Å². The van der Waals surface area contributed by atoms with E-state index in [0.29, 0.717) is 6.42 Å². The summed E-state index contributed by atoms with van der Waals surface area (Å²) >= 11 is 0. The van der Waals surface area contributed by atoms with Crippen LogP contribution in [0.4, 0.5) is 0 Å². The van der Waals surface area contributed by atoms with Gasteiger partial charge in [0.1, 0.15) is 6.04 Å². The first kappa shape index (κ1) is 16.5. The SMILES string of the molecule is CNC(=O)[C@@H]1CC[C@H](C(C)(C)C)N1C(=O)CNC(C)=O. The number of likely N-dealkylation sites (N-methyl/N-ethyl adjacent to an activating group) is 1. The second-order valence-electron chi connectivity index (χ2n) is 6.30. The number of carbonyl (C=O) groups is 3. The first-order valence-corrected chi connectivity index (χ1v) is 6.95. The van der Waals surface area contributed by atoms with Crippen LogP contribution >= 0.6 is 0 Å². The van der Waals surface area contributed by atoms with Crippen molar-refractivity contribution in [3.8, 4) is 0 Å². The minimum atomic E-state index is -0.439. The van der Waals surface area contributed by atoms with Gasteiger partial charge in [0.05, 0.1) is 6.54 Å². The molecule has 1 saturated heterocycles.